The van der Waals surface area contributed by atoms with Crippen molar-refractivity contribution in [3.8, 4) is 0 Å². The summed E-state index contributed by atoms with van der Waals surface area (Å²) < 4.78 is 5.23. The number of anilines is 1. The van der Waals surface area contributed by atoms with E-state index in [-0.39, 0.29) is 24.0 Å². The average Bonchev–Trinajstić information content (AvgIpc) is 2.47. The van der Waals surface area contributed by atoms with E-state index in [4.69, 9.17) is 10.5 Å². The van der Waals surface area contributed by atoms with Crippen molar-refractivity contribution in [1.29, 1.82) is 0 Å². The molecular formula is C15H24IN3O2. The molecule has 0 spiro atoms. The zero-order valence-electron chi connectivity index (χ0n) is 12.3. The number of hydrogen-bond donors (Lipinski definition) is 3. The van der Waals surface area contributed by atoms with Gasteiger partial charge in [0.15, 0.2) is 5.96 Å². The number of ether oxygens (including phenoxy) is 1. The van der Waals surface area contributed by atoms with Crippen LogP contribution in [0.4, 0.5) is 5.69 Å². The summed E-state index contributed by atoms with van der Waals surface area (Å²) in [6.07, 6.45) is 2.23. The van der Waals surface area contributed by atoms with Crippen molar-refractivity contribution in [3.63, 3.8) is 0 Å². The number of nitrogens with zero attached hydrogens (tertiary/aromatic N) is 1. The second kappa shape index (κ2) is 8.55. The Bertz CT molecular complexity index is 456. The molecule has 0 amide bonds. The van der Waals surface area contributed by atoms with Gasteiger partial charge in [0.2, 0.25) is 0 Å². The fourth-order valence-electron chi connectivity index (χ4n) is 2.15. The van der Waals surface area contributed by atoms with Crippen molar-refractivity contribution in [2.75, 3.05) is 25.1 Å². The van der Waals surface area contributed by atoms with Gasteiger partial charge in [-0.1, -0.05) is 19.1 Å². The first-order valence-electron chi connectivity index (χ1n) is 7.07. The molecule has 1 aliphatic heterocycles. The molecule has 0 aliphatic carbocycles. The van der Waals surface area contributed by atoms with Crippen molar-refractivity contribution >= 4 is 35.6 Å². The average molecular weight is 405 g/mol. The lowest BCUT2D eigenvalue weighted by Gasteiger charge is -2.30. The number of aryl methyl sites for hydroxylation is 1. The maximum atomic E-state index is 10.3. The molecule has 1 aliphatic rings. The zero-order valence-corrected chi connectivity index (χ0v) is 14.7. The number of nitrogens with two attached hydrogens (primary N) is 1. The van der Waals surface area contributed by atoms with E-state index in [2.05, 4.69) is 29.4 Å². The number of hydrogen-bond acceptors (Lipinski definition) is 3. The molecule has 1 aromatic rings. The van der Waals surface area contributed by atoms with Gasteiger partial charge in [-0.3, -0.25) is 4.99 Å². The highest BCUT2D eigenvalue weighted by Gasteiger charge is 2.29. The number of guanidine groups is 1. The summed E-state index contributed by atoms with van der Waals surface area (Å²) in [5.41, 5.74) is 7.25. The van der Waals surface area contributed by atoms with Crippen LogP contribution in [0.2, 0.25) is 0 Å². The zero-order chi connectivity index (χ0) is 14.4. The molecular weight excluding hydrogens is 381 g/mol. The lowest BCUT2D eigenvalue weighted by molar-refractivity contribution is -0.0565. The largest absolute Gasteiger partial charge is 0.388 e. The normalized spacial score (nSPS) is 17.9. The van der Waals surface area contributed by atoms with Crippen LogP contribution in [0.1, 0.15) is 25.3 Å². The smallest absolute Gasteiger partial charge is 0.193 e. The topological polar surface area (TPSA) is 79.9 Å². The maximum absolute atomic E-state index is 10.3. The highest BCUT2D eigenvalue weighted by Crippen LogP contribution is 2.20. The number of rotatable bonds is 4. The fourth-order valence-corrected chi connectivity index (χ4v) is 2.15. The van der Waals surface area contributed by atoms with Gasteiger partial charge in [0.05, 0.1) is 12.1 Å². The van der Waals surface area contributed by atoms with Crippen LogP contribution in [0.5, 0.6) is 0 Å². The van der Waals surface area contributed by atoms with Gasteiger partial charge in [-0.25, -0.2) is 0 Å². The molecule has 118 valence electrons. The second-order valence-electron chi connectivity index (χ2n) is 5.21. The van der Waals surface area contributed by atoms with Crippen LogP contribution in [0, 0.1) is 0 Å². The Morgan fingerprint density at radius 1 is 1.33 bits per heavy atom. The molecule has 1 heterocycles. The van der Waals surface area contributed by atoms with Gasteiger partial charge in [0.25, 0.3) is 0 Å². The van der Waals surface area contributed by atoms with E-state index in [1.54, 1.807) is 0 Å². The minimum Gasteiger partial charge on any atom is -0.388 e. The third kappa shape index (κ3) is 5.80. The summed E-state index contributed by atoms with van der Waals surface area (Å²) in [6.45, 7) is 3.59. The van der Waals surface area contributed by atoms with Gasteiger partial charge in [-0.2, -0.15) is 0 Å². The highest BCUT2D eigenvalue weighted by atomic mass is 127. The summed E-state index contributed by atoms with van der Waals surface area (Å²) in [5.74, 6) is 0.328. The number of aliphatic imine (C=N–C) groups is 1. The molecule has 0 saturated carbocycles. The molecule has 21 heavy (non-hydrogen) atoms. The molecule has 1 fully saturated rings. The molecule has 0 aromatic heterocycles. The molecule has 4 N–H and O–H groups in total. The molecule has 0 unspecified atom stereocenters. The minimum absolute atomic E-state index is 0. The molecule has 6 heteroatoms. The Hall–Kier alpha value is -0.860. The molecule has 5 nitrogen and oxygen atoms in total. The number of nitrogens with one attached hydrogen (secondary N) is 1. The van der Waals surface area contributed by atoms with Crippen LogP contribution >= 0.6 is 24.0 Å². The molecule has 1 aromatic carbocycles. The van der Waals surface area contributed by atoms with E-state index in [0.717, 1.165) is 12.1 Å². The number of aliphatic hydroxyl groups is 1. The Balaban J connectivity index is 0.00000220. The number of benzene rings is 1. The summed E-state index contributed by atoms with van der Waals surface area (Å²) in [5, 5.41) is 13.3. The van der Waals surface area contributed by atoms with E-state index >= 15 is 0 Å². The fraction of sp³-hybridized carbons (Fsp3) is 0.533. The lowest BCUT2D eigenvalue weighted by Crippen LogP contribution is -2.40. The lowest BCUT2D eigenvalue weighted by atomic mass is 9.95. The van der Waals surface area contributed by atoms with E-state index < -0.39 is 5.60 Å². The monoisotopic (exact) mass is 405 g/mol. The minimum atomic E-state index is -0.781. The first-order valence-corrected chi connectivity index (χ1v) is 7.07. The van der Waals surface area contributed by atoms with Crippen molar-refractivity contribution in [1.82, 2.24) is 0 Å². The van der Waals surface area contributed by atoms with Gasteiger partial charge < -0.3 is 20.9 Å². The van der Waals surface area contributed by atoms with Gasteiger partial charge >= 0.3 is 0 Å². The van der Waals surface area contributed by atoms with Gasteiger partial charge in [0, 0.05) is 31.7 Å². The Morgan fingerprint density at radius 3 is 2.52 bits per heavy atom. The van der Waals surface area contributed by atoms with Crippen LogP contribution in [0.3, 0.4) is 0 Å². The van der Waals surface area contributed by atoms with Crippen LogP contribution in [-0.4, -0.2) is 36.4 Å². The summed E-state index contributed by atoms with van der Waals surface area (Å²) in [4.78, 5) is 4.24. The van der Waals surface area contributed by atoms with E-state index in [9.17, 15) is 5.11 Å². The Kier molecular flexibility index (Phi) is 7.41. The Labute approximate surface area is 143 Å². The molecule has 0 radical (unpaired) electrons. The van der Waals surface area contributed by atoms with Crippen LogP contribution in [0.25, 0.3) is 0 Å². The molecule has 1 saturated heterocycles. The van der Waals surface area contributed by atoms with Crippen molar-refractivity contribution < 1.29 is 9.84 Å². The van der Waals surface area contributed by atoms with E-state index in [1.165, 1.54) is 5.56 Å². The summed E-state index contributed by atoms with van der Waals surface area (Å²) in [7, 11) is 0. The van der Waals surface area contributed by atoms with Crippen LogP contribution in [0.15, 0.2) is 29.3 Å². The molecule has 0 atom stereocenters. The molecule has 0 bridgehead atoms. The predicted molar refractivity (Wildman–Crippen MR) is 96.3 cm³/mol. The number of halogens is 1. The third-order valence-corrected chi connectivity index (χ3v) is 3.60. The summed E-state index contributed by atoms with van der Waals surface area (Å²) in [6, 6.07) is 8.07. The van der Waals surface area contributed by atoms with Gasteiger partial charge in [-0.15, -0.1) is 24.0 Å². The third-order valence-electron chi connectivity index (χ3n) is 3.60. The van der Waals surface area contributed by atoms with Crippen molar-refractivity contribution in [3.05, 3.63) is 29.8 Å². The van der Waals surface area contributed by atoms with Crippen molar-refractivity contribution in [2.24, 2.45) is 10.7 Å². The second-order valence-corrected chi connectivity index (χ2v) is 5.21. The maximum Gasteiger partial charge on any atom is 0.193 e. The van der Waals surface area contributed by atoms with Gasteiger partial charge in [0.1, 0.15) is 0 Å². The standard InChI is InChI=1S/C15H23N3O2.HI/c1-2-12-3-5-13(6-4-12)18-14(16)17-11-15(19)7-9-20-10-8-15;/h3-6,19H,2,7-11H2,1H3,(H3,16,17,18);1H. The van der Waals surface area contributed by atoms with Gasteiger partial charge in [-0.05, 0) is 24.1 Å². The SMILES string of the molecule is CCc1ccc(NC(N)=NCC2(O)CCOCC2)cc1.I. The highest BCUT2D eigenvalue weighted by molar-refractivity contribution is 14.0. The first-order chi connectivity index (χ1) is 9.61. The van der Waals surface area contributed by atoms with E-state index in [1.807, 2.05) is 12.1 Å². The predicted octanol–water partition coefficient (Wildman–Crippen LogP) is 2.14. The van der Waals surface area contributed by atoms with E-state index in [0.29, 0.717) is 38.6 Å². The quantitative estimate of drug-likeness (QED) is 0.408. The van der Waals surface area contributed by atoms with Crippen molar-refractivity contribution in [2.45, 2.75) is 31.8 Å². The Morgan fingerprint density at radius 2 is 1.95 bits per heavy atom. The summed E-state index contributed by atoms with van der Waals surface area (Å²) >= 11 is 0. The molecule has 2 rings (SSSR count). The first kappa shape index (κ1) is 18.2. The van der Waals surface area contributed by atoms with Crippen LogP contribution in [-0.2, 0) is 11.2 Å². The van der Waals surface area contributed by atoms with Crippen LogP contribution < -0.4 is 11.1 Å².